The molecule has 4 heteroatoms. The number of imidazole rings is 1. The molecule has 0 amide bonds. The van der Waals surface area contributed by atoms with Gasteiger partial charge in [0, 0.05) is 32.4 Å². The molecule has 18 heavy (non-hydrogen) atoms. The Labute approximate surface area is 110 Å². The second-order valence-electron chi connectivity index (χ2n) is 5.30. The number of rotatable bonds is 5. The van der Waals surface area contributed by atoms with Gasteiger partial charge in [0.25, 0.3) is 0 Å². The highest BCUT2D eigenvalue weighted by atomic mass is 15.3. The molecule has 0 saturated heterocycles. The summed E-state index contributed by atoms with van der Waals surface area (Å²) in [5.74, 6) is 1.10. The predicted octanol–water partition coefficient (Wildman–Crippen LogP) is 2.35. The molecule has 1 aliphatic carbocycles. The van der Waals surface area contributed by atoms with Crippen molar-refractivity contribution in [2.24, 2.45) is 5.73 Å². The molecule has 4 nitrogen and oxygen atoms in total. The fraction of sp³-hybridized carbons (Fsp3) is 0.786. The Morgan fingerprint density at radius 2 is 2.11 bits per heavy atom. The van der Waals surface area contributed by atoms with Crippen LogP contribution < -0.4 is 10.6 Å². The largest absolute Gasteiger partial charge is 0.344 e. The summed E-state index contributed by atoms with van der Waals surface area (Å²) in [7, 11) is 2.09. The first-order chi connectivity index (χ1) is 8.76. The Kier molecular flexibility index (Phi) is 4.64. The topological polar surface area (TPSA) is 47.1 Å². The van der Waals surface area contributed by atoms with Crippen LogP contribution in [0, 0.1) is 0 Å². The fourth-order valence-corrected chi connectivity index (χ4v) is 2.81. The second-order valence-corrected chi connectivity index (χ2v) is 5.30. The fourth-order valence-electron chi connectivity index (χ4n) is 2.81. The molecule has 1 aromatic rings. The molecule has 102 valence electrons. The zero-order valence-corrected chi connectivity index (χ0v) is 11.7. The average molecular weight is 250 g/mol. The normalized spacial score (nSPS) is 17.1. The summed E-state index contributed by atoms with van der Waals surface area (Å²) in [6, 6.07) is 0.641. The van der Waals surface area contributed by atoms with E-state index in [1.165, 1.54) is 37.8 Å². The van der Waals surface area contributed by atoms with Crippen LogP contribution in [-0.4, -0.2) is 29.7 Å². The summed E-state index contributed by atoms with van der Waals surface area (Å²) in [5.41, 5.74) is 6.85. The molecule has 0 spiro atoms. The maximum Gasteiger partial charge on any atom is 0.205 e. The van der Waals surface area contributed by atoms with E-state index >= 15 is 0 Å². The predicted molar refractivity (Wildman–Crippen MR) is 76.1 cm³/mol. The van der Waals surface area contributed by atoms with Gasteiger partial charge in [0.15, 0.2) is 0 Å². The molecular formula is C14H26N4. The van der Waals surface area contributed by atoms with Gasteiger partial charge in [-0.05, 0) is 19.3 Å². The lowest BCUT2D eigenvalue weighted by molar-refractivity contribution is 0.353. The van der Waals surface area contributed by atoms with E-state index < -0.39 is 0 Å². The van der Waals surface area contributed by atoms with Gasteiger partial charge < -0.3 is 15.2 Å². The maximum absolute atomic E-state index is 5.66. The van der Waals surface area contributed by atoms with Crippen molar-refractivity contribution in [3.63, 3.8) is 0 Å². The zero-order valence-electron chi connectivity index (χ0n) is 11.7. The van der Waals surface area contributed by atoms with Crippen molar-refractivity contribution < 1.29 is 0 Å². The molecule has 1 aliphatic rings. The van der Waals surface area contributed by atoms with Gasteiger partial charge in [-0.2, -0.15) is 0 Å². The molecule has 0 bridgehead atoms. The Hall–Kier alpha value is -1.03. The molecule has 2 N–H and O–H groups in total. The molecule has 0 atom stereocenters. The first-order valence-corrected chi connectivity index (χ1v) is 7.25. The van der Waals surface area contributed by atoms with Gasteiger partial charge in [0.1, 0.15) is 0 Å². The molecule has 1 saturated carbocycles. The zero-order chi connectivity index (χ0) is 13.0. The van der Waals surface area contributed by atoms with Crippen molar-refractivity contribution in [3.8, 4) is 0 Å². The molecule has 0 aliphatic heterocycles. The number of hydrogen-bond acceptors (Lipinski definition) is 3. The van der Waals surface area contributed by atoms with E-state index in [1.807, 2.05) is 0 Å². The summed E-state index contributed by atoms with van der Waals surface area (Å²) in [4.78, 5) is 6.94. The summed E-state index contributed by atoms with van der Waals surface area (Å²) < 4.78 is 2.40. The molecule has 0 radical (unpaired) electrons. The third kappa shape index (κ3) is 2.86. The highest BCUT2D eigenvalue weighted by Gasteiger charge is 2.20. The van der Waals surface area contributed by atoms with Crippen molar-refractivity contribution in [2.75, 3.05) is 25.0 Å². The quantitative estimate of drug-likeness (QED) is 0.872. The van der Waals surface area contributed by atoms with Gasteiger partial charge in [0.05, 0.1) is 5.69 Å². The number of aromatic nitrogens is 2. The number of nitrogens with two attached hydrogens (primary N) is 1. The number of likely N-dealkylation sites (N-methyl/N-ethyl adjacent to an activating group) is 1. The van der Waals surface area contributed by atoms with Gasteiger partial charge in [0.2, 0.25) is 5.95 Å². The highest BCUT2D eigenvalue weighted by molar-refractivity contribution is 5.33. The minimum atomic E-state index is 0.641. The summed E-state index contributed by atoms with van der Waals surface area (Å²) >= 11 is 0. The molecule has 1 fully saturated rings. The first kappa shape index (κ1) is 13.4. The van der Waals surface area contributed by atoms with Gasteiger partial charge >= 0.3 is 0 Å². The summed E-state index contributed by atoms with van der Waals surface area (Å²) in [5, 5.41) is 0. The van der Waals surface area contributed by atoms with Crippen LogP contribution in [0.2, 0.25) is 0 Å². The minimum Gasteiger partial charge on any atom is -0.344 e. The van der Waals surface area contributed by atoms with Crippen LogP contribution in [-0.2, 0) is 6.42 Å². The molecular weight excluding hydrogens is 224 g/mol. The second kappa shape index (κ2) is 6.23. The van der Waals surface area contributed by atoms with E-state index in [-0.39, 0.29) is 0 Å². The Morgan fingerprint density at radius 1 is 1.39 bits per heavy atom. The monoisotopic (exact) mass is 250 g/mol. The molecule has 0 unspecified atom stereocenters. The van der Waals surface area contributed by atoms with Crippen LogP contribution in [0.25, 0.3) is 0 Å². The van der Waals surface area contributed by atoms with E-state index in [1.54, 1.807) is 0 Å². The third-order valence-electron chi connectivity index (χ3n) is 3.90. The van der Waals surface area contributed by atoms with E-state index in [4.69, 9.17) is 10.7 Å². The lowest BCUT2D eigenvalue weighted by Gasteiger charge is -2.27. The van der Waals surface area contributed by atoms with Crippen LogP contribution in [0.15, 0.2) is 6.20 Å². The number of nitrogens with zero attached hydrogens (tertiary/aromatic N) is 3. The summed E-state index contributed by atoms with van der Waals surface area (Å²) in [6.07, 6.45) is 9.93. The van der Waals surface area contributed by atoms with E-state index in [0.717, 1.165) is 18.9 Å². The van der Waals surface area contributed by atoms with Crippen LogP contribution in [0.4, 0.5) is 5.95 Å². The van der Waals surface area contributed by atoms with Crippen molar-refractivity contribution >= 4 is 5.95 Å². The van der Waals surface area contributed by atoms with E-state index in [9.17, 15) is 0 Å². The molecule has 1 heterocycles. The standard InChI is InChI=1S/C14H26N4/c1-3-12-11-18(13-7-5-4-6-8-13)14(16-12)17(2)10-9-15/h11,13H,3-10,15H2,1-2H3. The average Bonchev–Trinajstić information content (AvgIpc) is 2.84. The van der Waals surface area contributed by atoms with Gasteiger partial charge in [-0.15, -0.1) is 0 Å². The third-order valence-corrected chi connectivity index (χ3v) is 3.90. The van der Waals surface area contributed by atoms with Crippen molar-refractivity contribution in [2.45, 2.75) is 51.5 Å². The highest BCUT2D eigenvalue weighted by Crippen LogP contribution is 2.31. The first-order valence-electron chi connectivity index (χ1n) is 7.25. The van der Waals surface area contributed by atoms with Crippen LogP contribution >= 0.6 is 0 Å². The molecule has 1 aromatic heterocycles. The van der Waals surface area contributed by atoms with Crippen molar-refractivity contribution in [3.05, 3.63) is 11.9 Å². The molecule has 2 rings (SSSR count). The van der Waals surface area contributed by atoms with Gasteiger partial charge in [-0.3, -0.25) is 0 Å². The number of hydrogen-bond donors (Lipinski definition) is 1. The van der Waals surface area contributed by atoms with Crippen LogP contribution in [0.3, 0.4) is 0 Å². The Balaban J connectivity index is 2.22. The maximum atomic E-state index is 5.66. The number of aryl methyl sites for hydroxylation is 1. The smallest absolute Gasteiger partial charge is 0.205 e. The summed E-state index contributed by atoms with van der Waals surface area (Å²) in [6.45, 7) is 3.71. The van der Waals surface area contributed by atoms with Crippen LogP contribution in [0.1, 0.15) is 50.8 Å². The van der Waals surface area contributed by atoms with Crippen molar-refractivity contribution in [1.82, 2.24) is 9.55 Å². The van der Waals surface area contributed by atoms with E-state index in [2.05, 4.69) is 29.6 Å². The molecule has 0 aromatic carbocycles. The number of anilines is 1. The van der Waals surface area contributed by atoms with E-state index in [0.29, 0.717) is 12.6 Å². The lowest BCUT2D eigenvalue weighted by Crippen LogP contribution is -2.29. The SMILES string of the molecule is CCc1cn(C2CCCCC2)c(N(C)CCN)n1. The minimum absolute atomic E-state index is 0.641. The van der Waals surface area contributed by atoms with Gasteiger partial charge in [-0.25, -0.2) is 4.98 Å². The van der Waals surface area contributed by atoms with Crippen LogP contribution in [0.5, 0.6) is 0 Å². The van der Waals surface area contributed by atoms with Gasteiger partial charge in [-0.1, -0.05) is 26.2 Å². The lowest BCUT2D eigenvalue weighted by atomic mass is 9.95. The Morgan fingerprint density at radius 3 is 2.72 bits per heavy atom. The van der Waals surface area contributed by atoms with Crippen molar-refractivity contribution in [1.29, 1.82) is 0 Å². The Bertz CT molecular complexity index is 366.